The number of methoxy groups -OCH3 is 1. The fourth-order valence-corrected chi connectivity index (χ4v) is 3.42. The number of rotatable bonds is 8. The van der Waals surface area contributed by atoms with Crippen molar-refractivity contribution in [1.29, 1.82) is 0 Å². The number of benzene rings is 3. The molecule has 6 heteroatoms. The number of hydrogen-bond donors (Lipinski definition) is 1. The zero-order valence-corrected chi connectivity index (χ0v) is 18.8. The second kappa shape index (κ2) is 10.6. The van der Waals surface area contributed by atoms with Gasteiger partial charge in [0.15, 0.2) is 17.3 Å². The molecule has 3 rings (SSSR count). The van der Waals surface area contributed by atoms with Crippen molar-refractivity contribution in [1.82, 2.24) is 0 Å². The highest BCUT2D eigenvalue weighted by atomic mass is 79.9. The summed E-state index contributed by atoms with van der Waals surface area (Å²) in [7, 11) is 1.57. The number of carbonyl (C=O) groups excluding carboxylic acids is 2. The first-order valence-electron chi connectivity index (χ1n) is 9.60. The minimum absolute atomic E-state index is 0.0199. The van der Waals surface area contributed by atoms with Gasteiger partial charge in [0.25, 0.3) is 0 Å². The number of ether oxygens (including phenoxy) is 2. The molecule has 0 atom stereocenters. The van der Waals surface area contributed by atoms with Gasteiger partial charge in [0, 0.05) is 17.3 Å². The number of carbonyl (C=O) groups is 2. The maximum Gasteiger partial charge on any atom is 0.248 e. The summed E-state index contributed by atoms with van der Waals surface area (Å²) in [5.74, 6) is 0.854. The molecule has 3 aromatic rings. The Bertz CT molecular complexity index is 1090. The molecule has 0 spiro atoms. The predicted molar refractivity (Wildman–Crippen MR) is 126 cm³/mol. The molecule has 0 aliphatic heterocycles. The molecule has 0 aliphatic rings. The van der Waals surface area contributed by atoms with E-state index in [1.165, 1.54) is 13.0 Å². The normalized spacial score (nSPS) is 10.7. The smallest absolute Gasteiger partial charge is 0.248 e. The van der Waals surface area contributed by atoms with Gasteiger partial charge in [-0.2, -0.15) is 0 Å². The lowest BCUT2D eigenvalue weighted by atomic mass is 10.1. The minimum Gasteiger partial charge on any atom is -0.493 e. The first-order valence-corrected chi connectivity index (χ1v) is 10.4. The third-order valence-electron chi connectivity index (χ3n) is 4.46. The zero-order valence-electron chi connectivity index (χ0n) is 17.2. The van der Waals surface area contributed by atoms with Crippen LogP contribution in [0.2, 0.25) is 0 Å². The Labute approximate surface area is 189 Å². The van der Waals surface area contributed by atoms with E-state index in [2.05, 4.69) is 21.2 Å². The van der Waals surface area contributed by atoms with Gasteiger partial charge in [-0.25, -0.2) is 0 Å². The Morgan fingerprint density at radius 2 is 1.74 bits per heavy atom. The van der Waals surface area contributed by atoms with Crippen molar-refractivity contribution in [3.8, 4) is 11.5 Å². The highest BCUT2D eigenvalue weighted by molar-refractivity contribution is 9.10. The summed E-state index contributed by atoms with van der Waals surface area (Å²) in [4.78, 5) is 23.6. The van der Waals surface area contributed by atoms with Crippen LogP contribution in [0, 0.1) is 0 Å². The third-order valence-corrected chi connectivity index (χ3v) is 5.05. The van der Waals surface area contributed by atoms with Gasteiger partial charge in [-0.15, -0.1) is 0 Å². The molecule has 31 heavy (non-hydrogen) atoms. The standard InChI is InChI=1S/C25H22BrNO4/c1-17(28)20-9-11-21(12-10-20)27-24(29)13-8-19-14-22(26)25(23(15-19)30-2)31-16-18-6-4-3-5-7-18/h3-15H,16H2,1-2H3,(H,27,29)/b13-8+. The van der Waals surface area contributed by atoms with Gasteiger partial charge in [-0.1, -0.05) is 30.3 Å². The molecule has 0 heterocycles. The average Bonchev–Trinajstić information content (AvgIpc) is 2.77. The topological polar surface area (TPSA) is 64.6 Å². The van der Waals surface area contributed by atoms with Crippen molar-refractivity contribution in [2.75, 3.05) is 12.4 Å². The monoisotopic (exact) mass is 479 g/mol. The van der Waals surface area contributed by atoms with Crippen LogP contribution in [-0.4, -0.2) is 18.8 Å². The van der Waals surface area contributed by atoms with E-state index in [9.17, 15) is 9.59 Å². The quantitative estimate of drug-likeness (QED) is 0.323. The molecule has 1 N–H and O–H groups in total. The maximum absolute atomic E-state index is 12.2. The summed E-state index contributed by atoms with van der Waals surface area (Å²) in [5.41, 5.74) is 3.04. The molecule has 1 amide bonds. The highest BCUT2D eigenvalue weighted by Gasteiger charge is 2.11. The number of anilines is 1. The number of hydrogen-bond acceptors (Lipinski definition) is 4. The molecule has 158 valence electrons. The minimum atomic E-state index is -0.282. The van der Waals surface area contributed by atoms with E-state index in [4.69, 9.17) is 9.47 Å². The van der Waals surface area contributed by atoms with Crippen molar-refractivity contribution in [2.24, 2.45) is 0 Å². The van der Waals surface area contributed by atoms with Gasteiger partial charge in [-0.05, 0) is 76.5 Å². The number of amides is 1. The van der Waals surface area contributed by atoms with Crippen LogP contribution >= 0.6 is 15.9 Å². The Hall–Kier alpha value is -3.38. The molecule has 0 unspecified atom stereocenters. The number of ketones is 1. The SMILES string of the molecule is COc1cc(/C=C/C(=O)Nc2ccc(C(C)=O)cc2)cc(Br)c1OCc1ccccc1. The first kappa shape index (κ1) is 22.3. The molecular weight excluding hydrogens is 458 g/mol. The molecule has 0 bridgehead atoms. The molecule has 0 saturated heterocycles. The van der Waals surface area contributed by atoms with Gasteiger partial charge in [0.2, 0.25) is 5.91 Å². The summed E-state index contributed by atoms with van der Waals surface area (Å²) in [6.45, 7) is 1.91. The second-order valence-electron chi connectivity index (χ2n) is 6.76. The van der Waals surface area contributed by atoms with Crippen molar-refractivity contribution < 1.29 is 19.1 Å². The van der Waals surface area contributed by atoms with Gasteiger partial charge >= 0.3 is 0 Å². The van der Waals surface area contributed by atoms with E-state index < -0.39 is 0 Å². The Morgan fingerprint density at radius 1 is 1.03 bits per heavy atom. The van der Waals surface area contributed by atoms with E-state index in [-0.39, 0.29) is 11.7 Å². The van der Waals surface area contributed by atoms with Crippen molar-refractivity contribution in [3.63, 3.8) is 0 Å². The number of nitrogens with one attached hydrogen (secondary N) is 1. The van der Waals surface area contributed by atoms with E-state index in [1.807, 2.05) is 36.4 Å². The predicted octanol–water partition coefficient (Wildman–Crippen LogP) is 5.89. The fraction of sp³-hybridized carbons (Fsp3) is 0.120. The van der Waals surface area contributed by atoms with Crippen LogP contribution < -0.4 is 14.8 Å². The Balaban J connectivity index is 1.67. The molecule has 0 saturated carbocycles. The molecule has 3 aromatic carbocycles. The molecule has 0 aliphatic carbocycles. The van der Waals surface area contributed by atoms with Gasteiger partial charge in [0.05, 0.1) is 11.6 Å². The summed E-state index contributed by atoms with van der Waals surface area (Å²) in [6.07, 6.45) is 3.12. The number of halogens is 1. The fourth-order valence-electron chi connectivity index (χ4n) is 2.85. The van der Waals surface area contributed by atoms with Crippen LogP contribution in [0.25, 0.3) is 6.08 Å². The van der Waals surface area contributed by atoms with Crippen LogP contribution in [0.1, 0.15) is 28.4 Å². The van der Waals surface area contributed by atoms with Crippen LogP contribution in [0.3, 0.4) is 0 Å². The third kappa shape index (κ3) is 6.30. The van der Waals surface area contributed by atoms with Crippen molar-refractivity contribution in [3.05, 3.63) is 94.0 Å². The van der Waals surface area contributed by atoms with Crippen LogP contribution in [-0.2, 0) is 11.4 Å². The molecular formula is C25H22BrNO4. The molecule has 0 radical (unpaired) electrons. The lowest BCUT2D eigenvalue weighted by Crippen LogP contribution is -2.07. The highest BCUT2D eigenvalue weighted by Crippen LogP contribution is 2.37. The lowest BCUT2D eigenvalue weighted by Gasteiger charge is -2.13. The summed E-state index contributed by atoms with van der Waals surface area (Å²) >= 11 is 3.52. The molecule has 0 aromatic heterocycles. The molecule has 0 fully saturated rings. The van der Waals surface area contributed by atoms with Gasteiger partial charge in [-0.3, -0.25) is 9.59 Å². The molecule has 5 nitrogen and oxygen atoms in total. The summed E-state index contributed by atoms with van der Waals surface area (Å²) in [5, 5.41) is 2.77. The van der Waals surface area contributed by atoms with Crippen LogP contribution in [0.5, 0.6) is 11.5 Å². The number of Topliss-reactive ketones (excluding diaryl/α,β-unsaturated/α-hetero) is 1. The van der Waals surface area contributed by atoms with Crippen LogP contribution in [0.15, 0.2) is 77.3 Å². The van der Waals surface area contributed by atoms with Crippen molar-refractivity contribution >= 4 is 39.4 Å². The zero-order chi connectivity index (χ0) is 22.2. The van der Waals surface area contributed by atoms with E-state index in [0.29, 0.717) is 29.4 Å². The van der Waals surface area contributed by atoms with E-state index in [0.717, 1.165) is 15.6 Å². The summed E-state index contributed by atoms with van der Waals surface area (Å²) in [6, 6.07) is 20.3. The Kier molecular flexibility index (Phi) is 7.62. The largest absolute Gasteiger partial charge is 0.493 e. The average molecular weight is 480 g/mol. The Morgan fingerprint density at radius 3 is 2.39 bits per heavy atom. The second-order valence-corrected chi connectivity index (χ2v) is 7.62. The van der Waals surface area contributed by atoms with E-state index >= 15 is 0 Å². The lowest BCUT2D eigenvalue weighted by molar-refractivity contribution is -0.111. The van der Waals surface area contributed by atoms with Crippen LogP contribution in [0.4, 0.5) is 5.69 Å². The van der Waals surface area contributed by atoms with Crippen molar-refractivity contribution in [2.45, 2.75) is 13.5 Å². The maximum atomic E-state index is 12.2. The van der Waals surface area contributed by atoms with Gasteiger partial charge in [0.1, 0.15) is 6.61 Å². The van der Waals surface area contributed by atoms with E-state index in [1.54, 1.807) is 43.5 Å². The van der Waals surface area contributed by atoms with Gasteiger partial charge < -0.3 is 14.8 Å². The summed E-state index contributed by atoms with van der Waals surface area (Å²) < 4.78 is 12.1. The first-order chi connectivity index (χ1) is 15.0.